The second-order valence-electron chi connectivity index (χ2n) is 5.43. The Balaban J connectivity index is 1.77. The van der Waals surface area contributed by atoms with Crippen LogP contribution in [0.4, 0.5) is 0 Å². The van der Waals surface area contributed by atoms with Crippen LogP contribution in [0.3, 0.4) is 0 Å². The predicted octanol–water partition coefficient (Wildman–Crippen LogP) is 2.96. The van der Waals surface area contributed by atoms with Gasteiger partial charge in [-0.2, -0.15) is 10.1 Å². The summed E-state index contributed by atoms with van der Waals surface area (Å²) >= 11 is 0. The smallest absolute Gasteiger partial charge is 0.282 e. The van der Waals surface area contributed by atoms with Crippen molar-refractivity contribution in [2.45, 2.75) is 0 Å². The highest BCUT2D eigenvalue weighted by molar-refractivity contribution is 5.65. The maximum Gasteiger partial charge on any atom is 0.282 e. The molecule has 2 heterocycles. The van der Waals surface area contributed by atoms with E-state index in [2.05, 4.69) is 15.2 Å². The fourth-order valence-corrected chi connectivity index (χ4v) is 2.54. The number of hydrogen-bond donors (Lipinski definition) is 0. The Morgan fingerprint density at radius 1 is 1.00 bits per heavy atom. The van der Waals surface area contributed by atoms with Crippen LogP contribution >= 0.6 is 0 Å². The molecule has 7 heteroatoms. The Kier molecular flexibility index (Phi) is 4.03. The Morgan fingerprint density at radius 3 is 2.58 bits per heavy atom. The van der Waals surface area contributed by atoms with E-state index in [-0.39, 0.29) is 17.0 Å². The molecule has 4 aromatic rings. The van der Waals surface area contributed by atoms with Crippen molar-refractivity contribution < 1.29 is 9.26 Å². The predicted molar refractivity (Wildman–Crippen MR) is 95.1 cm³/mol. The van der Waals surface area contributed by atoms with Crippen molar-refractivity contribution in [1.29, 1.82) is 0 Å². The Morgan fingerprint density at radius 2 is 1.77 bits per heavy atom. The lowest BCUT2D eigenvalue weighted by atomic mass is 10.2. The molecule has 0 saturated heterocycles. The van der Waals surface area contributed by atoms with Gasteiger partial charge in [-0.1, -0.05) is 35.5 Å². The minimum Gasteiger partial charge on any atom is -0.496 e. The van der Waals surface area contributed by atoms with E-state index >= 15 is 0 Å². The normalized spacial score (nSPS) is 10.7. The van der Waals surface area contributed by atoms with Crippen LogP contribution in [0, 0.1) is 0 Å². The second-order valence-corrected chi connectivity index (χ2v) is 5.43. The average molecular weight is 346 g/mol. The molecule has 0 bridgehead atoms. The van der Waals surface area contributed by atoms with Crippen LogP contribution in [0.15, 0.2) is 76.2 Å². The zero-order chi connectivity index (χ0) is 17.9. The molecule has 2 aromatic carbocycles. The SMILES string of the molecule is COc1ccccc1-c1noc(-c2nn(-c3ccccc3)ccc2=O)n1. The summed E-state index contributed by atoms with van der Waals surface area (Å²) in [5.74, 6) is 0.998. The van der Waals surface area contributed by atoms with Gasteiger partial charge in [0.1, 0.15) is 5.75 Å². The zero-order valence-electron chi connectivity index (χ0n) is 13.9. The Bertz CT molecular complexity index is 1100. The van der Waals surface area contributed by atoms with E-state index in [1.807, 2.05) is 48.5 Å². The third-order valence-corrected chi connectivity index (χ3v) is 3.81. The molecule has 0 saturated carbocycles. The average Bonchev–Trinajstić information content (AvgIpc) is 3.19. The molecular weight excluding hydrogens is 332 g/mol. The van der Waals surface area contributed by atoms with Gasteiger partial charge >= 0.3 is 0 Å². The first kappa shape index (κ1) is 15.8. The monoisotopic (exact) mass is 346 g/mol. The van der Waals surface area contributed by atoms with E-state index in [0.717, 1.165) is 5.69 Å². The third kappa shape index (κ3) is 2.86. The molecule has 7 nitrogen and oxygen atoms in total. The van der Waals surface area contributed by atoms with E-state index in [9.17, 15) is 4.79 Å². The molecule has 0 aliphatic heterocycles. The van der Waals surface area contributed by atoms with Gasteiger partial charge in [0.2, 0.25) is 11.3 Å². The van der Waals surface area contributed by atoms with Gasteiger partial charge in [0.05, 0.1) is 18.4 Å². The molecule has 0 fully saturated rings. The van der Waals surface area contributed by atoms with E-state index in [1.54, 1.807) is 24.1 Å². The quantitative estimate of drug-likeness (QED) is 0.565. The number of hydrogen-bond acceptors (Lipinski definition) is 6. The molecule has 0 radical (unpaired) electrons. The van der Waals surface area contributed by atoms with Gasteiger partial charge in [-0.3, -0.25) is 4.79 Å². The number of nitrogens with zero attached hydrogens (tertiary/aromatic N) is 4. The van der Waals surface area contributed by atoms with Crippen molar-refractivity contribution in [3.8, 4) is 34.4 Å². The first-order chi connectivity index (χ1) is 12.8. The van der Waals surface area contributed by atoms with Crippen LogP contribution in [-0.2, 0) is 0 Å². The van der Waals surface area contributed by atoms with Crippen molar-refractivity contribution in [2.75, 3.05) is 7.11 Å². The highest BCUT2D eigenvalue weighted by Crippen LogP contribution is 2.28. The van der Waals surface area contributed by atoms with Gasteiger partial charge in [-0.25, -0.2) is 4.68 Å². The minimum absolute atomic E-state index is 0.0567. The van der Waals surface area contributed by atoms with Gasteiger partial charge in [0.15, 0.2) is 5.69 Å². The molecule has 0 aliphatic carbocycles. The Hall–Kier alpha value is -3.74. The van der Waals surface area contributed by atoms with E-state index in [4.69, 9.17) is 9.26 Å². The topological polar surface area (TPSA) is 83.0 Å². The summed E-state index contributed by atoms with van der Waals surface area (Å²) < 4.78 is 12.2. The summed E-state index contributed by atoms with van der Waals surface area (Å²) in [5, 5.41) is 8.30. The molecule has 0 aliphatic rings. The summed E-state index contributed by atoms with van der Waals surface area (Å²) in [6.07, 6.45) is 1.60. The number of methoxy groups -OCH3 is 1. The Labute approximate surface area is 148 Å². The summed E-state index contributed by atoms with van der Waals surface area (Å²) in [6.45, 7) is 0. The molecule has 0 atom stereocenters. The fraction of sp³-hybridized carbons (Fsp3) is 0.0526. The summed E-state index contributed by atoms with van der Waals surface area (Å²) in [5.41, 5.74) is 1.28. The van der Waals surface area contributed by atoms with Gasteiger partial charge < -0.3 is 9.26 Å². The molecule has 0 spiro atoms. The number of benzene rings is 2. The van der Waals surface area contributed by atoms with Crippen molar-refractivity contribution >= 4 is 0 Å². The second kappa shape index (κ2) is 6.64. The first-order valence-corrected chi connectivity index (χ1v) is 7.89. The number of aromatic nitrogens is 4. The van der Waals surface area contributed by atoms with Crippen molar-refractivity contribution in [2.24, 2.45) is 0 Å². The molecular formula is C19H14N4O3. The van der Waals surface area contributed by atoms with Crippen molar-refractivity contribution in [3.63, 3.8) is 0 Å². The minimum atomic E-state index is -0.299. The summed E-state index contributed by atoms with van der Waals surface area (Å²) in [4.78, 5) is 16.6. The zero-order valence-corrected chi connectivity index (χ0v) is 13.9. The maximum atomic E-state index is 12.2. The van der Waals surface area contributed by atoms with E-state index in [0.29, 0.717) is 17.1 Å². The van der Waals surface area contributed by atoms with Crippen molar-refractivity contribution in [1.82, 2.24) is 19.9 Å². The van der Waals surface area contributed by atoms with Gasteiger partial charge in [0.25, 0.3) is 5.89 Å². The number of para-hydroxylation sites is 2. The molecule has 2 aromatic heterocycles. The van der Waals surface area contributed by atoms with Crippen LogP contribution in [0.1, 0.15) is 0 Å². The number of rotatable bonds is 4. The van der Waals surface area contributed by atoms with Crippen LogP contribution < -0.4 is 10.2 Å². The first-order valence-electron chi connectivity index (χ1n) is 7.89. The summed E-state index contributed by atoms with van der Waals surface area (Å²) in [6, 6.07) is 18.2. The van der Waals surface area contributed by atoms with E-state index < -0.39 is 0 Å². The van der Waals surface area contributed by atoms with Crippen LogP contribution in [0.5, 0.6) is 5.75 Å². The lowest BCUT2D eigenvalue weighted by Crippen LogP contribution is -2.12. The highest BCUT2D eigenvalue weighted by Gasteiger charge is 2.17. The molecule has 0 unspecified atom stereocenters. The van der Waals surface area contributed by atoms with Gasteiger partial charge in [-0.05, 0) is 24.3 Å². The van der Waals surface area contributed by atoms with Crippen LogP contribution in [-0.4, -0.2) is 27.0 Å². The largest absolute Gasteiger partial charge is 0.496 e. The molecule has 0 amide bonds. The lowest BCUT2D eigenvalue weighted by Gasteiger charge is -2.05. The van der Waals surface area contributed by atoms with Crippen molar-refractivity contribution in [3.05, 3.63) is 77.1 Å². The molecule has 0 N–H and O–H groups in total. The summed E-state index contributed by atoms with van der Waals surface area (Å²) in [7, 11) is 1.57. The van der Waals surface area contributed by atoms with Crippen LogP contribution in [0.2, 0.25) is 0 Å². The lowest BCUT2D eigenvalue weighted by molar-refractivity contribution is 0.413. The van der Waals surface area contributed by atoms with E-state index in [1.165, 1.54) is 6.07 Å². The molecule has 26 heavy (non-hydrogen) atoms. The van der Waals surface area contributed by atoms with Gasteiger partial charge in [0, 0.05) is 12.3 Å². The highest BCUT2D eigenvalue weighted by atomic mass is 16.5. The molecule has 128 valence electrons. The maximum absolute atomic E-state index is 12.2. The standard InChI is InChI=1S/C19H14N4O3/c1-25-16-10-6-5-9-14(16)18-20-19(26-22-18)17-15(24)11-12-23(21-17)13-7-3-2-4-8-13/h2-12H,1H3. The fourth-order valence-electron chi connectivity index (χ4n) is 2.54. The van der Waals surface area contributed by atoms with Gasteiger partial charge in [-0.15, -0.1) is 0 Å². The third-order valence-electron chi connectivity index (χ3n) is 3.81. The van der Waals surface area contributed by atoms with Crippen LogP contribution in [0.25, 0.3) is 28.7 Å². The number of ether oxygens (including phenoxy) is 1. The molecule has 4 rings (SSSR count).